The number of hydrogen-bond donors (Lipinski definition) is 0. The molecule has 0 aromatic heterocycles. The van der Waals surface area contributed by atoms with Crippen LogP contribution in [0.1, 0.15) is 18.9 Å². The van der Waals surface area contributed by atoms with Gasteiger partial charge < -0.3 is 4.90 Å². The summed E-state index contributed by atoms with van der Waals surface area (Å²) in [7, 11) is 0. The van der Waals surface area contributed by atoms with Crippen LogP contribution in [0.2, 0.25) is 0 Å². The summed E-state index contributed by atoms with van der Waals surface area (Å²) in [6.07, 6.45) is 2.84. The van der Waals surface area contributed by atoms with Gasteiger partial charge >= 0.3 is 0 Å². The van der Waals surface area contributed by atoms with Gasteiger partial charge in [0.05, 0.1) is 0 Å². The smallest absolute Gasteiger partial charge is 0.226 e. The van der Waals surface area contributed by atoms with E-state index in [4.69, 9.17) is 0 Å². The second kappa shape index (κ2) is 5.17. The predicted octanol–water partition coefficient (Wildman–Crippen LogP) is 2.86. The zero-order valence-corrected chi connectivity index (χ0v) is 10.3. The van der Waals surface area contributed by atoms with Gasteiger partial charge in [0.1, 0.15) is 0 Å². The van der Waals surface area contributed by atoms with Crippen LogP contribution in [0.5, 0.6) is 0 Å². The van der Waals surface area contributed by atoms with Gasteiger partial charge in [0.2, 0.25) is 5.91 Å². The highest BCUT2D eigenvalue weighted by Gasteiger charge is 2.41. The molecule has 1 aromatic rings. The van der Waals surface area contributed by atoms with E-state index in [2.05, 4.69) is 25.6 Å². The second-order valence-corrected chi connectivity index (χ2v) is 4.81. The summed E-state index contributed by atoms with van der Waals surface area (Å²) in [6, 6.07) is 10.1. The van der Waals surface area contributed by atoms with E-state index in [9.17, 15) is 4.79 Å². The number of carbonyl (C=O) groups is 1. The third kappa shape index (κ3) is 2.96. The van der Waals surface area contributed by atoms with Crippen molar-refractivity contribution in [3.63, 3.8) is 0 Å². The molecule has 1 aromatic carbocycles. The maximum Gasteiger partial charge on any atom is 0.226 e. The van der Waals surface area contributed by atoms with Crippen LogP contribution >= 0.6 is 0 Å². The molecule has 2 heteroatoms. The minimum Gasteiger partial charge on any atom is -0.334 e. The molecule has 0 saturated heterocycles. The molecular formula is C15H19NO. The van der Waals surface area contributed by atoms with Gasteiger partial charge in [-0.1, -0.05) is 43.3 Å². The lowest BCUT2D eigenvalue weighted by atomic mass is 10.2. The minimum atomic E-state index is 0.249. The molecule has 0 bridgehead atoms. The minimum absolute atomic E-state index is 0.249. The van der Waals surface area contributed by atoms with Crippen LogP contribution in [-0.2, 0) is 11.3 Å². The molecule has 1 saturated carbocycles. The van der Waals surface area contributed by atoms with E-state index in [0.29, 0.717) is 19.0 Å². The van der Waals surface area contributed by atoms with Crippen molar-refractivity contribution >= 4 is 5.91 Å². The first-order chi connectivity index (χ1) is 8.22. The van der Waals surface area contributed by atoms with Crippen LogP contribution in [0.3, 0.4) is 0 Å². The van der Waals surface area contributed by atoms with Gasteiger partial charge in [0.15, 0.2) is 0 Å². The lowest BCUT2D eigenvalue weighted by molar-refractivity contribution is -0.132. The molecule has 0 N–H and O–H groups in total. The van der Waals surface area contributed by atoms with Crippen LogP contribution in [0.4, 0.5) is 0 Å². The highest BCUT2D eigenvalue weighted by molar-refractivity contribution is 5.81. The first-order valence-electron chi connectivity index (χ1n) is 6.16. The molecule has 2 rings (SSSR count). The Labute approximate surface area is 103 Å². The Balaban J connectivity index is 2.02. The van der Waals surface area contributed by atoms with Gasteiger partial charge in [0, 0.05) is 19.0 Å². The van der Waals surface area contributed by atoms with Crippen molar-refractivity contribution in [3.8, 4) is 0 Å². The lowest BCUT2D eigenvalue weighted by Gasteiger charge is -2.21. The third-order valence-electron chi connectivity index (χ3n) is 3.30. The van der Waals surface area contributed by atoms with Crippen LogP contribution in [0, 0.1) is 11.8 Å². The van der Waals surface area contributed by atoms with E-state index in [1.165, 1.54) is 5.56 Å². The van der Waals surface area contributed by atoms with Crippen molar-refractivity contribution in [1.29, 1.82) is 0 Å². The van der Waals surface area contributed by atoms with Crippen molar-refractivity contribution in [1.82, 2.24) is 4.90 Å². The SMILES string of the molecule is C=CCN(Cc1ccccc1)C(=O)C1CC1C. The predicted molar refractivity (Wildman–Crippen MR) is 69.3 cm³/mol. The Kier molecular flexibility index (Phi) is 3.62. The standard InChI is InChI=1S/C15H19NO/c1-3-9-16(15(17)14-10-12(14)2)11-13-7-5-4-6-8-13/h3-8,12,14H,1,9-11H2,2H3. The Hall–Kier alpha value is -1.57. The summed E-state index contributed by atoms with van der Waals surface area (Å²) < 4.78 is 0. The van der Waals surface area contributed by atoms with E-state index in [1.54, 1.807) is 6.08 Å². The number of nitrogens with zero attached hydrogens (tertiary/aromatic N) is 1. The molecule has 90 valence electrons. The second-order valence-electron chi connectivity index (χ2n) is 4.81. The molecule has 2 unspecified atom stereocenters. The first-order valence-corrected chi connectivity index (χ1v) is 6.16. The van der Waals surface area contributed by atoms with Crippen molar-refractivity contribution in [2.45, 2.75) is 19.9 Å². The molecule has 1 aliphatic rings. The monoisotopic (exact) mass is 229 g/mol. The fraction of sp³-hybridized carbons (Fsp3) is 0.400. The van der Waals surface area contributed by atoms with Crippen molar-refractivity contribution < 1.29 is 4.79 Å². The number of benzene rings is 1. The zero-order chi connectivity index (χ0) is 12.3. The van der Waals surface area contributed by atoms with Crippen molar-refractivity contribution in [3.05, 3.63) is 48.6 Å². The van der Waals surface area contributed by atoms with Gasteiger partial charge in [-0.25, -0.2) is 0 Å². The van der Waals surface area contributed by atoms with Crippen LogP contribution < -0.4 is 0 Å². The first kappa shape index (κ1) is 11.9. The molecule has 17 heavy (non-hydrogen) atoms. The molecule has 2 nitrogen and oxygen atoms in total. The fourth-order valence-corrected chi connectivity index (χ4v) is 2.09. The van der Waals surface area contributed by atoms with Crippen molar-refractivity contribution in [2.75, 3.05) is 6.54 Å². The maximum absolute atomic E-state index is 12.2. The average Bonchev–Trinajstić information content (AvgIpc) is 3.06. The Bertz CT molecular complexity index is 399. The molecule has 0 spiro atoms. The van der Waals surface area contributed by atoms with Crippen LogP contribution in [0.25, 0.3) is 0 Å². The normalized spacial score (nSPS) is 21.9. The fourth-order valence-electron chi connectivity index (χ4n) is 2.09. The summed E-state index contributed by atoms with van der Waals surface area (Å²) in [5, 5.41) is 0. The molecule has 1 aliphatic carbocycles. The highest BCUT2D eigenvalue weighted by atomic mass is 16.2. The van der Waals surface area contributed by atoms with Crippen LogP contribution in [0.15, 0.2) is 43.0 Å². The van der Waals surface area contributed by atoms with E-state index in [0.717, 1.165) is 6.42 Å². The van der Waals surface area contributed by atoms with Gasteiger partial charge in [0.25, 0.3) is 0 Å². The number of carbonyl (C=O) groups excluding carboxylic acids is 1. The third-order valence-corrected chi connectivity index (χ3v) is 3.30. The molecule has 0 aliphatic heterocycles. The summed E-state index contributed by atoms with van der Waals surface area (Å²) in [4.78, 5) is 14.1. The largest absolute Gasteiger partial charge is 0.334 e. The van der Waals surface area contributed by atoms with Crippen molar-refractivity contribution in [2.24, 2.45) is 11.8 Å². The Morgan fingerprint density at radius 1 is 1.47 bits per heavy atom. The maximum atomic E-state index is 12.2. The van der Waals surface area contributed by atoms with Gasteiger partial charge in [-0.15, -0.1) is 6.58 Å². The highest BCUT2D eigenvalue weighted by Crippen LogP contribution is 2.39. The molecule has 1 amide bonds. The van der Waals surface area contributed by atoms with Gasteiger partial charge in [-0.3, -0.25) is 4.79 Å². The average molecular weight is 229 g/mol. The van der Waals surface area contributed by atoms with Gasteiger partial charge in [-0.05, 0) is 17.9 Å². The Morgan fingerprint density at radius 2 is 2.12 bits per heavy atom. The van der Waals surface area contributed by atoms with E-state index in [1.807, 2.05) is 23.1 Å². The topological polar surface area (TPSA) is 20.3 Å². The summed E-state index contributed by atoms with van der Waals surface area (Å²) in [5.41, 5.74) is 1.18. The molecular weight excluding hydrogens is 210 g/mol. The summed E-state index contributed by atoms with van der Waals surface area (Å²) in [5.74, 6) is 1.09. The van der Waals surface area contributed by atoms with E-state index in [-0.39, 0.29) is 11.8 Å². The van der Waals surface area contributed by atoms with E-state index >= 15 is 0 Å². The number of hydrogen-bond acceptors (Lipinski definition) is 1. The summed E-state index contributed by atoms with van der Waals surface area (Å²) in [6.45, 7) is 7.19. The van der Waals surface area contributed by atoms with Crippen LogP contribution in [-0.4, -0.2) is 17.4 Å². The quantitative estimate of drug-likeness (QED) is 0.711. The van der Waals surface area contributed by atoms with Gasteiger partial charge in [-0.2, -0.15) is 0 Å². The molecule has 1 fully saturated rings. The molecule has 0 heterocycles. The summed E-state index contributed by atoms with van der Waals surface area (Å²) >= 11 is 0. The number of amides is 1. The molecule has 0 radical (unpaired) electrons. The zero-order valence-electron chi connectivity index (χ0n) is 10.3. The lowest BCUT2D eigenvalue weighted by Crippen LogP contribution is -2.32. The van der Waals surface area contributed by atoms with E-state index < -0.39 is 0 Å². The Morgan fingerprint density at radius 3 is 2.65 bits per heavy atom. The molecule has 2 atom stereocenters. The number of rotatable bonds is 5.